The minimum atomic E-state index is -5.83. The van der Waals surface area contributed by atoms with E-state index in [0.717, 1.165) is 56.8 Å². The van der Waals surface area contributed by atoms with Gasteiger partial charge in [-0.25, -0.2) is 14.2 Å². The Morgan fingerprint density at radius 1 is 0.670 bits per heavy atom. The smallest absolute Gasteiger partial charge is 0.474 e. The number of ether oxygens (including phenoxy) is 11. The number of aliphatic carboxylic acids is 1. The second-order valence-corrected chi connectivity index (χ2v) is 28.9. The van der Waals surface area contributed by atoms with Crippen LogP contribution in [0.3, 0.4) is 0 Å². The van der Waals surface area contributed by atoms with Gasteiger partial charge in [0.1, 0.15) is 90.9 Å². The molecule has 5 amide bonds. The van der Waals surface area contributed by atoms with Gasteiger partial charge in [-0.1, -0.05) is 73.6 Å². The normalized spacial score (nSPS) is 36.5. The molecule has 103 heavy (non-hydrogen) atoms. The number of primary amides is 3. The summed E-state index contributed by atoms with van der Waals surface area (Å²) in [5.74, 6) is -6.43. The lowest BCUT2D eigenvalue weighted by Crippen LogP contribution is -2.72. The summed E-state index contributed by atoms with van der Waals surface area (Å²) in [4.78, 5) is 87.8. The van der Waals surface area contributed by atoms with Gasteiger partial charge in [0.05, 0.1) is 38.1 Å². The first kappa shape index (κ1) is 88.2. The summed E-state index contributed by atoms with van der Waals surface area (Å²) in [7, 11) is -5.83. The van der Waals surface area contributed by atoms with Gasteiger partial charge in [0.25, 0.3) is 0 Å². The molecule has 0 aromatic rings. The maximum Gasteiger partial charge on any atom is 0.474 e. The van der Waals surface area contributed by atoms with Crippen molar-refractivity contribution in [3.63, 3.8) is 0 Å². The average molecular weight is 1500 g/mol. The maximum atomic E-state index is 14.1. The number of carbonyl (C=O) groups excluding carboxylic acids is 5. The molecule has 5 heterocycles. The van der Waals surface area contributed by atoms with Gasteiger partial charge in [-0.05, 0) is 85.5 Å². The number of aliphatic hydroxyl groups excluding tert-OH is 9. The molecule has 0 spiro atoms. The number of hydrogen-bond donors (Lipinski definition) is 18. The second kappa shape index (κ2) is 38.4. The number of phosphoric acid groups is 1. The lowest BCUT2D eigenvalue weighted by molar-refractivity contribution is -0.375. The van der Waals surface area contributed by atoms with Gasteiger partial charge < -0.3 is 146 Å². The highest BCUT2D eigenvalue weighted by atomic mass is 31.2. The van der Waals surface area contributed by atoms with Crippen molar-refractivity contribution in [3.05, 3.63) is 59.8 Å². The minimum Gasteiger partial charge on any atom is -0.479 e. The van der Waals surface area contributed by atoms with Gasteiger partial charge in [-0.15, -0.1) is 0 Å². The number of nitrogens with one attached hydrogen (secondary N) is 2. The van der Waals surface area contributed by atoms with E-state index in [-0.39, 0.29) is 12.0 Å². The van der Waals surface area contributed by atoms with E-state index in [1.54, 1.807) is 32.9 Å². The van der Waals surface area contributed by atoms with E-state index >= 15 is 0 Å². The van der Waals surface area contributed by atoms with Crippen molar-refractivity contribution in [2.45, 2.75) is 272 Å². The molecule has 5 saturated heterocycles. The molecule has 5 fully saturated rings. The van der Waals surface area contributed by atoms with Crippen LogP contribution in [0, 0.1) is 5.41 Å². The number of nitrogens with two attached hydrogens (primary N) is 3. The Labute approximate surface area is 594 Å². The Hall–Kier alpha value is -5.41. The third kappa shape index (κ3) is 25.4. The molecule has 39 heteroatoms. The molecule has 27 atom stereocenters. The van der Waals surface area contributed by atoms with Crippen LogP contribution in [-0.2, 0) is 89.7 Å². The molecule has 0 aromatic heterocycles. The fraction of sp³-hybridized carbons (Fsp3) is 0.750. The van der Waals surface area contributed by atoms with Crippen LogP contribution in [-0.4, -0.2) is 293 Å². The Bertz CT molecular complexity index is 3040. The molecule has 0 saturated carbocycles. The zero-order valence-electron chi connectivity index (χ0n) is 58.8. The predicted molar refractivity (Wildman–Crippen MR) is 350 cm³/mol. The summed E-state index contributed by atoms with van der Waals surface area (Å²) in [6, 6.07) is -3.91. The molecule has 5 rings (SSSR count). The van der Waals surface area contributed by atoms with Crippen LogP contribution in [0.2, 0.25) is 0 Å². The van der Waals surface area contributed by atoms with Crippen molar-refractivity contribution in [2.24, 2.45) is 22.6 Å². The SMILES string of the molecule is C=C(C/C=C(/C)C/C=C\C(C)(C)O)CCC(C)(C)/C=C/CC/C(C)=C\CO[C@H](COP(=O)(O)O[C@@H]1O[C@H](C(N)=O)[C@@](C)(O)[C@H](OC(N)=O)[C@H]1O[C@@H]1O[C@H](CO[C@@H]2O[C@H](CO)[C@@H](O)[C@H](O)[C@H]2O)[C@@H](O[C@@H]2O[C@@H](C)C(O[C@H]3O[C@@H](C(N)=O)[C@H](O)[C@@H](O)[C@@H]3O)[C@H](O)[C@H]2NC(C)=O)[C@H](O)[C@H]1NC(C)=O)C(=O)O. The van der Waals surface area contributed by atoms with Crippen molar-refractivity contribution in [3.8, 4) is 0 Å². The van der Waals surface area contributed by atoms with Gasteiger partial charge in [-0.3, -0.25) is 28.2 Å². The molecule has 5 aliphatic heterocycles. The third-order valence-electron chi connectivity index (χ3n) is 17.4. The van der Waals surface area contributed by atoms with Crippen LogP contribution in [0.4, 0.5) is 4.79 Å². The number of allylic oxidation sites excluding steroid dienone is 7. The number of rotatable bonds is 36. The molecule has 0 aliphatic carbocycles. The van der Waals surface area contributed by atoms with E-state index in [1.165, 1.54) is 6.92 Å². The molecule has 0 aromatic carbocycles. The third-order valence-corrected chi connectivity index (χ3v) is 18.3. The average Bonchev–Trinajstić information content (AvgIpc) is 0.755. The fourth-order valence-electron chi connectivity index (χ4n) is 11.6. The summed E-state index contributed by atoms with van der Waals surface area (Å²) in [5.41, 5.74) is 15.4. The molecule has 588 valence electrons. The molecular formula is C64H104N5O33P. The number of carboxylic acids is 1. The number of amides is 5. The number of aliphatic hydroxyl groups is 11. The lowest BCUT2D eigenvalue weighted by Gasteiger charge is -2.52. The van der Waals surface area contributed by atoms with E-state index in [4.69, 9.17) is 78.4 Å². The summed E-state index contributed by atoms with van der Waals surface area (Å²) < 4.78 is 88.2. The van der Waals surface area contributed by atoms with Gasteiger partial charge in [0.2, 0.25) is 23.6 Å². The van der Waals surface area contributed by atoms with E-state index in [1.807, 2.05) is 19.1 Å². The van der Waals surface area contributed by atoms with Crippen molar-refractivity contribution in [1.29, 1.82) is 0 Å². The molecule has 5 aliphatic rings. The van der Waals surface area contributed by atoms with Crippen molar-refractivity contribution < 1.29 is 161 Å². The second-order valence-electron chi connectivity index (χ2n) is 27.5. The zero-order chi connectivity index (χ0) is 77.6. The van der Waals surface area contributed by atoms with E-state index in [9.17, 15) is 99.5 Å². The molecule has 0 bridgehead atoms. The predicted octanol–water partition coefficient (Wildman–Crippen LogP) is -3.82. The highest BCUT2D eigenvalue weighted by Crippen LogP contribution is 2.49. The first-order valence-corrected chi connectivity index (χ1v) is 34.6. The summed E-state index contributed by atoms with van der Waals surface area (Å²) in [6.45, 7) is 16.0. The van der Waals surface area contributed by atoms with Gasteiger partial charge in [-0.2, -0.15) is 0 Å². The van der Waals surface area contributed by atoms with Crippen LogP contribution < -0.4 is 27.8 Å². The zero-order valence-corrected chi connectivity index (χ0v) is 59.7. The Morgan fingerprint density at radius 3 is 1.82 bits per heavy atom. The van der Waals surface area contributed by atoms with Crippen LogP contribution >= 0.6 is 7.82 Å². The number of hydrogen-bond acceptors (Lipinski definition) is 31. The first-order chi connectivity index (χ1) is 47.8. The number of carbonyl (C=O) groups is 6. The number of carboxylic acid groups (broad SMARTS) is 1. The summed E-state index contributed by atoms with van der Waals surface area (Å²) >= 11 is 0. The van der Waals surface area contributed by atoms with Crippen LogP contribution in [0.25, 0.3) is 0 Å². The maximum absolute atomic E-state index is 14.1. The summed E-state index contributed by atoms with van der Waals surface area (Å²) in [6.07, 6.45) is -34.0. The summed E-state index contributed by atoms with van der Waals surface area (Å²) in [5, 5.41) is 135. The molecule has 2 unspecified atom stereocenters. The standard InChI is InChI=1S/C64H104N5O33P/c1-28(16-14-22-63(9,10)86)17-18-30(3)19-23-62(7,8)21-13-12-15-29(2)20-24-90-36(55(83)84)27-92-103(88,89)102-60-50(51(101-61(67)85)64(11,87)52(100-60)54(66)82)99-57-38(69-33(6)72)41(75)48(35(95-57)26-91-58-45(79)42(76)39(73)34(25-70)94-58)97-56-37(68-32(5)71)40(74)47(31(4)93-56)96-59-46(80)43(77)44(78)49(98-59)53(65)81/h13-14,17,20-22,31,34-52,56-60,70,73-80,86-87H,3,12,15-16,18-19,23-27H2,1-2,4-11H3,(H2,65,81)(H2,66,82)(H2,67,85)(H,68,71)(H,69,72)(H,83,84)(H,88,89)/b21-13+,22-14-,28-17-,29-20-/t31-,34+,35+,36+,37+,38+,39+,40+,41+,42-,43+,44+,45+,46-,47?,48+,49+,50+,51+,52+,56-,57-,58+,59-,60-,64-/m0/s1. The Balaban J connectivity index is 1.41. The van der Waals surface area contributed by atoms with Crippen molar-refractivity contribution in [1.82, 2.24) is 10.6 Å². The van der Waals surface area contributed by atoms with Gasteiger partial charge in [0, 0.05) is 13.8 Å². The molecule has 38 nitrogen and oxygen atoms in total. The van der Waals surface area contributed by atoms with Gasteiger partial charge in [0.15, 0.2) is 62.0 Å². The molecule has 0 radical (unpaired) electrons. The van der Waals surface area contributed by atoms with Crippen LogP contribution in [0.5, 0.6) is 0 Å². The monoisotopic (exact) mass is 1500 g/mol. The Morgan fingerprint density at radius 2 is 1.24 bits per heavy atom. The molecular weight excluding hydrogens is 1400 g/mol. The number of phosphoric ester groups is 1. The first-order valence-electron chi connectivity index (χ1n) is 33.1. The molecule has 21 N–H and O–H groups in total. The van der Waals surface area contributed by atoms with Crippen LogP contribution in [0.1, 0.15) is 108 Å². The van der Waals surface area contributed by atoms with E-state index < -0.39 is 228 Å². The quantitative estimate of drug-likeness (QED) is 0.0211. The highest BCUT2D eigenvalue weighted by Gasteiger charge is 2.62. The largest absolute Gasteiger partial charge is 0.479 e. The van der Waals surface area contributed by atoms with E-state index in [2.05, 4.69) is 43.2 Å². The highest BCUT2D eigenvalue weighted by molar-refractivity contribution is 7.47. The van der Waals surface area contributed by atoms with Crippen molar-refractivity contribution in [2.75, 3.05) is 26.4 Å². The lowest BCUT2D eigenvalue weighted by atomic mass is 9.85. The minimum absolute atomic E-state index is 0.174. The van der Waals surface area contributed by atoms with Crippen molar-refractivity contribution >= 4 is 43.5 Å². The Kier molecular flexibility index (Phi) is 32.9. The van der Waals surface area contributed by atoms with Gasteiger partial charge >= 0.3 is 19.9 Å². The van der Waals surface area contributed by atoms with E-state index in [0.29, 0.717) is 19.3 Å². The van der Waals surface area contributed by atoms with Crippen LogP contribution in [0.15, 0.2) is 59.8 Å². The topological polar surface area (TPSA) is 605 Å². The fourth-order valence-corrected chi connectivity index (χ4v) is 12.4.